The molecule has 0 atom stereocenters. The highest BCUT2D eigenvalue weighted by Crippen LogP contribution is 2.31. The highest BCUT2D eigenvalue weighted by Gasteiger charge is 2.17. The molecule has 3 heterocycles. The van der Waals surface area contributed by atoms with E-state index in [1.807, 2.05) is 18.3 Å². The number of rotatable bonds is 7. The van der Waals surface area contributed by atoms with Crippen molar-refractivity contribution in [3.63, 3.8) is 0 Å². The lowest BCUT2D eigenvalue weighted by molar-refractivity contribution is 0.122. The zero-order valence-electron chi connectivity index (χ0n) is 17.6. The van der Waals surface area contributed by atoms with E-state index in [2.05, 4.69) is 58.4 Å². The number of nitrogens with zero attached hydrogens (tertiary/aromatic N) is 5. The lowest BCUT2D eigenvalue weighted by Crippen LogP contribution is -2.37. The van der Waals surface area contributed by atoms with Crippen molar-refractivity contribution in [2.24, 2.45) is 0 Å². The third-order valence-electron chi connectivity index (χ3n) is 5.11. The molecule has 1 aliphatic rings. The van der Waals surface area contributed by atoms with Gasteiger partial charge in [-0.3, -0.25) is 0 Å². The van der Waals surface area contributed by atoms with Crippen LogP contribution in [0.4, 0.5) is 5.95 Å². The topological polar surface area (TPSA) is 64.0 Å². The van der Waals surface area contributed by atoms with E-state index in [4.69, 9.17) is 19.7 Å². The summed E-state index contributed by atoms with van der Waals surface area (Å²) in [6, 6.07) is 20.8. The summed E-state index contributed by atoms with van der Waals surface area (Å²) in [7, 11) is 0. The van der Waals surface area contributed by atoms with Gasteiger partial charge in [0, 0.05) is 30.8 Å². The Labute approximate surface area is 195 Å². The largest absolute Gasteiger partial charge is 0.378 e. The molecule has 0 N–H and O–H groups in total. The van der Waals surface area contributed by atoms with Crippen LogP contribution in [-0.2, 0) is 16.2 Å². The highest BCUT2D eigenvalue weighted by molar-refractivity contribution is 7.99. The van der Waals surface area contributed by atoms with Crippen LogP contribution >= 0.6 is 23.5 Å². The van der Waals surface area contributed by atoms with E-state index in [0.29, 0.717) is 24.8 Å². The standard InChI is InChI=1S/C24H23N5OS2/c1-3-7-18(8-4-1)16-31-22-20-15-25-23(29-11-13-30-14-12-29)26-21(20)27-24(28-22)32-17-19-9-5-2-6-10-19/h1-10,15H,11-14,16-17H2. The monoisotopic (exact) mass is 461 g/mol. The smallest absolute Gasteiger partial charge is 0.227 e. The fourth-order valence-electron chi connectivity index (χ4n) is 3.40. The molecule has 0 radical (unpaired) electrons. The minimum absolute atomic E-state index is 0.696. The average Bonchev–Trinajstić information content (AvgIpc) is 2.87. The number of hydrogen-bond acceptors (Lipinski definition) is 8. The maximum Gasteiger partial charge on any atom is 0.227 e. The van der Waals surface area contributed by atoms with Gasteiger partial charge in [-0.25, -0.2) is 15.0 Å². The van der Waals surface area contributed by atoms with Crippen molar-refractivity contribution < 1.29 is 4.74 Å². The molecule has 5 rings (SSSR count). The number of fused-ring (bicyclic) bond motifs is 1. The fourth-order valence-corrected chi connectivity index (χ4v) is 5.20. The van der Waals surface area contributed by atoms with Gasteiger partial charge in [0.25, 0.3) is 0 Å². The van der Waals surface area contributed by atoms with Crippen molar-refractivity contribution in [2.45, 2.75) is 21.7 Å². The number of anilines is 1. The lowest BCUT2D eigenvalue weighted by atomic mass is 10.2. The molecule has 0 bridgehead atoms. The predicted octanol–water partition coefficient (Wildman–Crippen LogP) is 4.84. The summed E-state index contributed by atoms with van der Waals surface area (Å²) in [5, 5.41) is 2.55. The van der Waals surface area contributed by atoms with Gasteiger partial charge in [0.1, 0.15) is 5.03 Å². The zero-order valence-corrected chi connectivity index (χ0v) is 19.2. The van der Waals surface area contributed by atoms with Crippen molar-refractivity contribution in [3.8, 4) is 0 Å². The molecule has 8 heteroatoms. The molecule has 4 aromatic rings. The third kappa shape index (κ3) is 5.20. The van der Waals surface area contributed by atoms with Crippen molar-refractivity contribution in [2.75, 3.05) is 31.2 Å². The number of morpholine rings is 1. The number of ether oxygens (including phenoxy) is 1. The highest BCUT2D eigenvalue weighted by atomic mass is 32.2. The number of aromatic nitrogens is 4. The minimum Gasteiger partial charge on any atom is -0.378 e. The van der Waals surface area contributed by atoms with Gasteiger partial charge in [0.15, 0.2) is 10.8 Å². The summed E-state index contributed by atoms with van der Waals surface area (Å²) in [5.74, 6) is 2.36. The molecule has 1 aliphatic heterocycles. The van der Waals surface area contributed by atoms with Gasteiger partial charge in [0.2, 0.25) is 5.95 Å². The Morgan fingerprint density at radius 1 is 0.781 bits per heavy atom. The number of hydrogen-bond donors (Lipinski definition) is 0. The molecule has 0 aliphatic carbocycles. The van der Waals surface area contributed by atoms with Crippen LogP contribution in [0.25, 0.3) is 11.0 Å². The molecule has 1 fully saturated rings. The molecular formula is C24H23N5OS2. The van der Waals surface area contributed by atoms with Crippen molar-refractivity contribution in [1.29, 1.82) is 0 Å². The predicted molar refractivity (Wildman–Crippen MR) is 130 cm³/mol. The van der Waals surface area contributed by atoms with Crippen molar-refractivity contribution in [3.05, 3.63) is 78.0 Å². The van der Waals surface area contributed by atoms with Crippen LogP contribution in [0.2, 0.25) is 0 Å². The SMILES string of the molecule is c1ccc(CSc2nc(SCc3ccccc3)c3cnc(N4CCOCC4)nc3n2)cc1. The molecule has 162 valence electrons. The summed E-state index contributed by atoms with van der Waals surface area (Å²) in [4.78, 5) is 21.3. The first-order valence-electron chi connectivity index (χ1n) is 10.6. The zero-order chi connectivity index (χ0) is 21.6. The Morgan fingerprint density at radius 2 is 1.44 bits per heavy atom. The Bertz CT molecular complexity index is 1170. The van der Waals surface area contributed by atoms with Crippen LogP contribution in [0.1, 0.15) is 11.1 Å². The Hall–Kier alpha value is -2.68. The van der Waals surface area contributed by atoms with E-state index in [9.17, 15) is 0 Å². The fraction of sp³-hybridized carbons (Fsp3) is 0.250. The van der Waals surface area contributed by atoms with Crippen LogP contribution in [0, 0.1) is 0 Å². The molecular weight excluding hydrogens is 438 g/mol. The first-order chi connectivity index (χ1) is 15.8. The molecule has 0 spiro atoms. The molecule has 6 nitrogen and oxygen atoms in total. The maximum atomic E-state index is 5.47. The molecule has 0 amide bonds. The molecule has 32 heavy (non-hydrogen) atoms. The Morgan fingerprint density at radius 3 is 2.12 bits per heavy atom. The third-order valence-corrected chi connectivity index (χ3v) is 7.09. The summed E-state index contributed by atoms with van der Waals surface area (Å²) in [6.45, 7) is 2.98. The van der Waals surface area contributed by atoms with Gasteiger partial charge in [-0.05, 0) is 11.1 Å². The second-order valence-electron chi connectivity index (χ2n) is 7.37. The average molecular weight is 462 g/mol. The van der Waals surface area contributed by atoms with E-state index < -0.39 is 0 Å². The minimum atomic E-state index is 0.696. The Kier molecular flexibility index (Phi) is 6.81. The maximum absolute atomic E-state index is 5.47. The summed E-state index contributed by atoms with van der Waals surface area (Å²) >= 11 is 3.34. The van der Waals surface area contributed by atoms with Gasteiger partial charge in [-0.1, -0.05) is 72.4 Å². The molecule has 0 saturated carbocycles. The normalized spacial score (nSPS) is 14.1. The van der Waals surface area contributed by atoms with Gasteiger partial charge in [-0.2, -0.15) is 4.98 Å². The van der Waals surface area contributed by atoms with Gasteiger partial charge >= 0.3 is 0 Å². The first kappa shape index (κ1) is 21.2. The van der Waals surface area contributed by atoms with Gasteiger partial charge in [-0.15, -0.1) is 11.8 Å². The van der Waals surface area contributed by atoms with Crippen molar-refractivity contribution in [1.82, 2.24) is 19.9 Å². The van der Waals surface area contributed by atoms with E-state index in [0.717, 1.165) is 40.2 Å². The van der Waals surface area contributed by atoms with E-state index >= 15 is 0 Å². The second-order valence-corrected chi connectivity index (χ2v) is 9.27. The molecule has 0 unspecified atom stereocenters. The Balaban J connectivity index is 1.45. The van der Waals surface area contributed by atoms with Crippen LogP contribution < -0.4 is 4.90 Å². The second kappa shape index (κ2) is 10.3. The van der Waals surface area contributed by atoms with Crippen LogP contribution in [0.3, 0.4) is 0 Å². The first-order valence-corrected chi connectivity index (χ1v) is 12.5. The lowest BCUT2D eigenvalue weighted by Gasteiger charge is -2.26. The van der Waals surface area contributed by atoms with Gasteiger partial charge in [0.05, 0.1) is 18.6 Å². The van der Waals surface area contributed by atoms with Gasteiger partial charge < -0.3 is 9.64 Å². The molecule has 1 saturated heterocycles. The quantitative estimate of drug-likeness (QED) is 0.220. The number of benzene rings is 2. The summed E-state index contributed by atoms with van der Waals surface area (Å²) in [5.41, 5.74) is 3.20. The van der Waals surface area contributed by atoms with Crippen LogP contribution in [-0.4, -0.2) is 46.2 Å². The van der Waals surface area contributed by atoms with E-state index in [1.54, 1.807) is 23.5 Å². The summed E-state index contributed by atoms with van der Waals surface area (Å²) < 4.78 is 5.47. The summed E-state index contributed by atoms with van der Waals surface area (Å²) in [6.07, 6.45) is 1.87. The van der Waals surface area contributed by atoms with Crippen molar-refractivity contribution >= 4 is 40.5 Å². The van der Waals surface area contributed by atoms with E-state index in [-0.39, 0.29) is 0 Å². The van der Waals surface area contributed by atoms with Crippen LogP contribution in [0.15, 0.2) is 77.0 Å². The number of thioether (sulfide) groups is 2. The van der Waals surface area contributed by atoms with E-state index in [1.165, 1.54) is 11.1 Å². The molecule has 2 aromatic carbocycles. The van der Waals surface area contributed by atoms with Crippen LogP contribution in [0.5, 0.6) is 0 Å². The molecule has 2 aromatic heterocycles.